The minimum absolute atomic E-state index is 0.271. The van der Waals surface area contributed by atoms with Crippen LogP contribution < -0.4 is 9.62 Å². The van der Waals surface area contributed by atoms with Crippen LogP contribution in [0.2, 0.25) is 0 Å². The van der Waals surface area contributed by atoms with Gasteiger partial charge in [-0.1, -0.05) is 25.1 Å². The molecule has 1 N–H and O–H groups in total. The molecule has 12 heteroatoms. The number of nitrogens with zero attached hydrogens (tertiary/aromatic N) is 3. The van der Waals surface area contributed by atoms with E-state index in [2.05, 4.69) is 43.4 Å². The van der Waals surface area contributed by atoms with Gasteiger partial charge in [-0.05, 0) is 110 Å². The van der Waals surface area contributed by atoms with Crippen LogP contribution in [0.25, 0.3) is 16.6 Å². The van der Waals surface area contributed by atoms with Gasteiger partial charge in [0.1, 0.15) is 11.6 Å². The second kappa shape index (κ2) is 14.5. The van der Waals surface area contributed by atoms with Crippen LogP contribution in [0.15, 0.2) is 71.6 Å². The molecule has 0 spiro atoms. The van der Waals surface area contributed by atoms with Crippen LogP contribution in [0.4, 0.5) is 28.9 Å². The molecule has 1 fully saturated rings. The summed E-state index contributed by atoms with van der Waals surface area (Å²) in [6.07, 6.45) is -0.820. The van der Waals surface area contributed by atoms with E-state index in [1.54, 1.807) is 11.9 Å². The lowest BCUT2D eigenvalue weighted by Gasteiger charge is -2.34. The Kier molecular flexibility index (Phi) is 10.4. The zero-order chi connectivity index (χ0) is 34.9. The van der Waals surface area contributed by atoms with Crippen LogP contribution in [-0.4, -0.2) is 48.4 Å². The van der Waals surface area contributed by atoms with Crippen molar-refractivity contribution in [3.8, 4) is 0 Å². The molecule has 6 rings (SSSR count). The van der Waals surface area contributed by atoms with E-state index in [1.165, 1.54) is 0 Å². The molecule has 2 unspecified atom stereocenters. The summed E-state index contributed by atoms with van der Waals surface area (Å²) in [5, 5.41) is 2.55. The lowest BCUT2D eigenvalue weighted by atomic mass is 9.75. The Balaban J connectivity index is 1.20. The monoisotopic (exact) mass is 696 g/mol. The van der Waals surface area contributed by atoms with Gasteiger partial charge in [0.15, 0.2) is 0 Å². The number of rotatable bonds is 9. The average molecular weight is 697 g/mol. The molecule has 1 amide bonds. The highest BCUT2D eigenvalue weighted by atomic mass is 32.2. The molecule has 49 heavy (non-hydrogen) atoms. The molecule has 1 aliphatic carbocycles. The Morgan fingerprint density at radius 1 is 1.10 bits per heavy atom. The fourth-order valence-corrected chi connectivity index (χ4v) is 7.36. The third kappa shape index (κ3) is 7.97. The number of alkyl halides is 3. The van der Waals surface area contributed by atoms with Gasteiger partial charge in [-0.25, -0.2) is 9.37 Å². The van der Waals surface area contributed by atoms with E-state index in [1.807, 2.05) is 52.2 Å². The fraction of sp³-hybridized carbons (Fsp3) is 0.405. The first-order chi connectivity index (χ1) is 23.4. The Hall–Kier alpha value is -3.87. The van der Waals surface area contributed by atoms with E-state index < -0.39 is 29.4 Å². The van der Waals surface area contributed by atoms with Gasteiger partial charge in [0.25, 0.3) is 0 Å². The van der Waals surface area contributed by atoms with Gasteiger partial charge in [-0.3, -0.25) is 4.79 Å². The quantitative estimate of drug-likeness (QED) is 0.140. The number of benzene rings is 3. The minimum atomic E-state index is -4.69. The van der Waals surface area contributed by atoms with Crippen molar-refractivity contribution >= 4 is 45.8 Å². The van der Waals surface area contributed by atoms with Gasteiger partial charge < -0.3 is 23.7 Å². The molecule has 3 aromatic carbocycles. The second-order valence-electron chi connectivity index (χ2n) is 12.9. The number of allylic oxidation sites excluding steroid dienone is 1. The molecule has 1 aliphatic heterocycles. The van der Waals surface area contributed by atoms with Gasteiger partial charge >= 0.3 is 6.18 Å². The number of fused-ring (bicyclic) bond motifs is 1. The summed E-state index contributed by atoms with van der Waals surface area (Å²) in [6, 6.07) is 16.5. The molecular formula is C37H40F4N4O3S. The number of amides is 1. The number of ether oxygens (including phenoxy) is 2. The smallest absolute Gasteiger partial charge is 0.381 e. The van der Waals surface area contributed by atoms with Gasteiger partial charge in [0.2, 0.25) is 5.91 Å². The number of anilines is 2. The van der Waals surface area contributed by atoms with Crippen molar-refractivity contribution in [3.05, 3.63) is 89.5 Å². The first-order valence-corrected chi connectivity index (χ1v) is 17.2. The fourth-order valence-electron chi connectivity index (χ4n) is 6.52. The molecule has 7 nitrogen and oxygen atoms in total. The molecule has 0 bridgehead atoms. The van der Waals surface area contributed by atoms with Gasteiger partial charge in [0, 0.05) is 43.8 Å². The molecule has 3 atom stereocenters. The van der Waals surface area contributed by atoms with Crippen LogP contribution in [0.5, 0.6) is 0 Å². The molecule has 1 saturated heterocycles. The molecule has 4 aromatic rings. The molecule has 0 saturated carbocycles. The number of aryl methyl sites for hydroxylation is 2. The Morgan fingerprint density at radius 2 is 1.84 bits per heavy atom. The zero-order valence-corrected chi connectivity index (χ0v) is 28.7. The standard InChI is InChI=1S/C37H40F4N4O3S/c1-22-30(25-5-8-27(9-6-25)45(4)49-29-10-12-35-34(20-29)42-23(2)44(35)3)18-28(48-21-24-13-15-47-16-14-24)19-31(22)36(46)43-33-11-7-26(17-32(33)38)37(39,40)41/h5-12,17-18,20,22,24,28,31H,13-16,19,21H2,1-4H3,(H,43,46)/t22-,28?,31?/m1/s1. The van der Waals surface area contributed by atoms with Crippen LogP contribution in [0.1, 0.15) is 43.1 Å². The summed E-state index contributed by atoms with van der Waals surface area (Å²) in [6.45, 7) is 5.84. The Labute approximate surface area is 287 Å². The Morgan fingerprint density at radius 3 is 2.53 bits per heavy atom. The number of carbonyl (C=O) groups is 1. The van der Waals surface area contributed by atoms with E-state index in [0.717, 1.165) is 63.6 Å². The van der Waals surface area contributed by atoms with E-state index >= 15 is 0 Å². The molecular weight excluding hydrogens is 656 g/mol. The number of nitrogens with one attached hydrogen (secondary N) is 1. The lowest BCUT2D eigenvalue weighted by Crippen LogP contribution is -2.36. The summed E-state index contributed by atoms with van der Waals surface area (Å²) in [4.78, 5) is 19.4. The van der Waals surface area contributed by atoms with Gasteiger partial charge in [-0.2, -0.15) is 13.2 Å². The molecule has 260 valence electrons. The minimum Gasteiger partial charge on any atom is -0.381 e. The third-order valence-corrected chi connectivity index (χ3v) is 10.6. The highest BCUT2D eigenvalue weighted by Gasteiger charge is 2.36. The van der Waals surface area contributed by atoms with Gasteiger partial charge in [-0.15, -0.1) is 0 Å². The van der Waals surface area contributed by atoms with Crippen LogP contribution in [0, 0.1) is 30.5 Å². The maximum atomic E-state index is 14.7. The first-order valence-electron chi connectivity index (χ1n) is 16.4. The summed E-state index contributed by atoms with van der Waals surface area (Å²) < 4.78 is 70.0. The van der Waals surface area contributed by atoms with Gasteiger partial charge in [0.05, 0.1) is 35.0 Å². The summed E-state index contributed by atoms with van der Waals surface area (Å²) >= 11 is 1.59. The van der Waals surface area contributed by atoms with Crippen LogP contribution >= 0.6 is 11.9 Å². The molecule has 0 radical (unpaired) electrons. The van der Waals surface area contributed by atoms with E-state index in [9.17, 15) is 22.4 Å². The average Bonchev–Trinajstić information content (AvgIpc) is 3.36. The first kappa shape index (κ1) is 35.0. The van der Waals surface area contributed by atoms with E-state index in [4.69, 9.17) is 9.47 Å². The molecule has 1 aromatic heterocycles. The SMILES string of the molecule is Cc1nc2cc(SN(C)c3ccc(C4=CC(OCC5CCOCC5)CC(C(=O)Nc5ccc(C(F)(F)F)cc5F)[C@@H]4C)cc3)ccc2n1C. The second-order valence-corrected chi connectivity index (χ2v) is 14.1. The van der Waals surface area contributed by atoms with Crippen molar-refractivity contribution in [3.63, 3.8) is 0 Å². The van der Waals surface area contributed by atoms with E-state index in [0.29, 0.717) is 38.2 Å². The van der Waals surface area contributed by atoms with Crippen molar-refractivity contribution in [2.24, 2.45) is 24.8 Å². The molecule has 2 heterocycles. The zero-order valence-electron chi connectivity index (χ0n) is 27.9. The highest BCUT2D eigenvalue weighted by Crippen LogP contribution is 2.40. The van der Waals surface area contributed by atoms with Crippen molar-refractivity contribution in [2.45, 2.75) is 50.3 Å². The molecule has 2 aliphatic rings. The lowest BCUT2D eigenvalue weighted by molar-refractivity contribution is -0.137. The number of carbonyl (C=O) groups excluding carboxylic acids is 1. The normalized spacial score (nSPS) is 20.3. The predicted molar refractivity (Wildman–Crippen MR) is 185 cm³/mol. The van der Waals surface area contributed by atoms with Crippen molar-refractivity contribution in [1.82, 2.24) is 9.55 Å². The maximum Gasteiger partial charge on any atom is 0.416 e. The number of halogens is 4. The third-order valence-electron chi connectivity index (χ3n) is 9.61. The van der Waals surface area contributed by atoms with Crippen LogP contribution in [-0.2, 0) is 27.5 Å². The predicted octanol–water partition coefficient (Wildman–Crippen LogP) is 8.67. The Bertz CT molecular complexity index is 1840. The topological polar surface area (TPSA) is 68.6 Å². The number of hydrogen-bond acceptors (Lipinski definition) is 6. The van der Waals surface area contributed by atoms with Crippen molar-refractivity contribution < 1.29 is 31.8 Å². The number of aromatic nitrogens is 2. The summed E-state index contributed by atoms with van der Waals surface area (Å²) in [5.74, 6) is -1.17. The number of hydrogen-bond donors (Lipinski definition) is 1. The summed E-state index contributed by atoms with van der Waals surface area (Å²) in [7, 11) is 4.00. The van der Waals surface area contributed by atoms with Crippen molar-refractivity contribution in [2.75, 3.05) is 36.5 Å². The van der Waals surface area contributed by atoms with Crippen LogP contribution in [0.3, 0.4) is 0 Å². The largest absolute Gasteiger partial charge is 0.416 e. The van der Waals surface area contributed by atoms with E-state index in [-0.39, 0.29) is 17.7 Å². The summed E-state index contributed by atoms with van der Waals surface area (Å²) in [5.41, 5.74) is 3.46. The maximum absolute atomic E-state index is 14.7. The number of imidazole rings is 1. The van der Waals surface area contributed by atoms with Crippen molar-refractivity contribution in [1.29, 1.82) is 0 Å². The highest BCUT2D eigenvalue weighted by molar-refractivity contribution is 8.00.